The van der Waals surface area contributed by atoms with E-state index in [0.29, 0.717) is 0 Å². The summed E-state index contributed by atoms with van der Waals surface area (Å²) in [5, 5.41) is 2.88. The highest BCUT2D eigenvalue weighted by Gasteiger charge is 2.37. The van der Waals surface area contributed by atoms with Crippen LogP contribution >= 0.6 is 0 Å². The number of aryl methyl sites for hydroxylation is 2. The van der Waals surface area contributed by atoms with Crippen molar-refractivity contribution in [3.63, 3.8) is 0 Å². The van der Waals surface area contributed by atoms with Crippen LogP contribution in [0.3, 0.4) is 0 Å². The smallest absolute Gasteiger partial charge is 0.240 e. The minimum Gasteiger partial charge on any atom is -0.352 e. The maximum Gasteiger partial charge on any atom is 0.240 e. The fourth-order valence-electron chi connectivity index (χ4n) is 3.46. The number of hydrogen-bond donors (Lipinski definition) is 1. The highest BCUT2D eigenvalue weighted by atomic mass is 16.2. The van der Waals surface area contributed by atoms with Gasteiger partial charge in [0.15, 0.2) is 0 Å². The Morgan fingerprint density at radius 3 is 2.75 bits per heavy atom. The molecule has 1 unspecified atom stereocenters. The van der Waals surface area contributed by atoms with E-state index >= 15 is 0 Å². The molecule has 1 N–H and O–H groups in total. The molecule has 5 heteroatoms. The Morgan fingerprint density at radius 1 is 1.33 bits per heavy atom. The van der Waals surface area contributed by atoms with Crippen LogP contribution in [0, 0.1) is 19.8 Å². The molecule has 0 aromatic heterocycles. The number of nitrogens with zero attached hydrogens (tertiary/aromatic N) is 2. The first-order valence-corrected chi connectivity index (χ1v) is 8.66. The lowest BCUT2D eigenvalue weighted by molar-refractivity contribution is -0.125. The molecule has 1 heterocycles. The van der Waals surface area contributed by atoms with Crippen molar-refractivity contribution in [1.29, 1.82) is 0 Å². The van der Waals surface area contributed by atoms with Crippen molar-refractivity contribution in [3.05, 3.63) is 23.3 Å². The summed E-state index contributed by atoms with van der Waals surface area (Å²) in [6, 6.07) is 4.06. The fourth-order valence-corrected chi connectivity index (χ4v) is 3.46. The first kappa shape index (κ1) is 16.7. The maximum absolute atomic E-state index is 13.1. The van der Waals surface area contributed by atoms with Gasteiger partial charge in [-0.2, -0.15) is 0 Å². The minimum absolute atomic E-state index is 0.00663. The third kappa shape index (κ3) is 3.07. The van der Waals surface area contributed by atoms with Crippen LogP contribution in [0.2, 0.25) is 0 Å². The van der Waals surface area contributed by atoms with Crippen LogP contribution in [-0.2, 0) is 9.59 Å². The summed E-state index contributed by atoms with van der Waals surface area (Å²) in [4.78, 5) is 31.8. The predicted octanol–water partition coefficient (Wildman–Crippen LogP) is 3.05. The molecule has 5 nitrogen and oxygen atoms in total. The molecule has 2 aliphatic rings. The van der Waals surface area contributed by atoms with Gasteiger partial charge in [0.05, 0.1) is 17.3 Å². The summed E-state index contributed by atoms with van der Waals surface area (Å²) in [5.74, 6) is -0.305. The zero-order valence-electron chi connectivity index (χ0n) is 14.8. The summed E-state index contributed by atoms with van der Waals surface area (Å²) >= 11 is 0. The number of hydrogen-bond acceptors (Lipinski definition) is 3. The van der Waals surface area contributed by atoms with Gasteiger partial charge in [0.2, 0.25) is 11.8 Å². The summed E-state index contributed by atoms with van der Waals surface area (Å²) in [6.45, 7) is 7.95. The molecule has 0 bridgehead atoms. The van der Waals surface area contributed by atoms with Crippen molar-refractivity contribution in [1.82, 2.24) is 5.32 Å². The van der Waals surface area contributed by atoms with E-state index in [9.17, 15) is 9.59 Å². The van der Waals surface area contributed by atoms with E-state index in [1.807, 2.05) is 39.8 Å². The predicted molar refractivity (Wildman–Crippen MR) is 96.0 cm³/mol. The van der Waals surface area contributed by atoms with Gasteiger partial charge in [0.1, 0.15) is 6.54 Å². The molecule has 2 amide bonds. The summed E-state index contributed by atoms with van der Waals surface area (Å²) < 4.78 is 0. The van der Waals surface area contributed by atoms with E-state index in [-0.39, 0.29) is 30.3 Å². The number of amides is 2. The van der Waals surface area contributed by atoms with Crippen molar-refractivity contribution < 1.29 is 9.59 Å². The van der Waals surface area contributed by atoms with E-state index in [0.717, 1.165) is 47.5 Å². The quantitative estimate of drug-likeness (QED) is 0.927. The van der Waals surface area contributed by atoms with Gasteiger partial charge in [0.25, 0.3) is 0 Å². The Bertz CT molecular complexity index is 722. The van der Waals surface area contributed by atoms with Crippen LogP contribution in [0.15, 0.2) is 17.1 Å². The zero-order valence-corrected chi connectivity index (χ0v) is 14.8. The average molecular weight is 327 g/mol. The summed E-state index contributed by atoms with van der Waals surface area (Å²) in [7, 11) is 0. The first-order chi connectivity index (χ1) is 11.4. The zero-order chi connectivity index (χ0) is 17.4. The lowest BCUT2D eigenvalue weighted by Crippen LogP contribution is -2.45. The molecule has 1 aromatic carbocycles. The Balaban J connectivity index is 2.03. The van der Waals surface area contributed by atoms with E-state index < -0.39 is 0 Å². The SMILES string of the molecule is Cc1cc2c(cc1C)N(CC(=O)NC(C)C)C(=O)C1CCCC1=N2. The molecule has 1 atom stereocenters. The number of benzene rings is 1. The van der Waals surface area contributed by atoms with Gasteiger partial charge in [-0.3, -0.25) is 14.6 Å². The van der Waals surface area contributed by atoms with E-state index in [1.54, 1.807) is 4.90 Å². The van der Waals surface area contributed by atoms with Crippen LogP contribution in [0.4, 0.5) is 11.4 Å². The van der Waals surface area contributed by atoms with Crippen LogP contribution in [0.5, 0.6) is 0 Å². The average Bonchev–Trinajstić information content (AvgIpc) is 2.92. The van der Waals surface area contributed by atoms with Crippen molar-refractivity contribution in [2.45, 2.75) is 53.0 Å². The third-order valence-corrected chi connectivity index (χ3v) is 4.79. The van der Waals surface area contributed by atoms with Gasteiger partial charge in [-0.15, -0.1) is 0 Å². The van der Waals surface area contributed by atoms with Crippen LogP contribution in [0.25, 0.3) is 0 Å². The Kier molecular flexibility index (Phi) is 4.43. The lowest BCUT2D eigenvalue weighted by Gasteiger charge is -2.25. The fraction of sp³-hybridized carbons (Fsp3) is 0.526. The molecule has 1 aliphatic carbocycles. The molecule has 1 saturated carbocycles. The van der Waals surface area contributed by atoms with Crippen LogP contribution in [0.1, 0.15) is 44.2 Å². The molecule has 1 aromatic rings. The Hall–Kier alpha value is -2.17. The molecule has 3 rings (SSSR count). The number of anilines is 1. The number of carbonyl (C=O) groups excluding carboxylic acids is 2. The third-order valence-electron chi connectivity index (χ3n) is 4.79. The molecular weight excluding hydrogens is 302 g/mol. The van der Waals surface area contributed by atoms with Crippen LogP contribution in [-0.4, -0.2) is 30.1 Å². The van der Waals surface area contributed by atoms with Crippen molar-refractivity contribution in [2.75, 3.05) is 11.4 Å². The second-order valence-corrected chi connectivity index (χ2v) is 7.12. The molecule has 1 aliphatic heterocycles. The maximum atomic E-state index is 13.1. The Labute approximate surface area is 143 Å². The van der Waals surface area contributed by atoms with Gasteiger partial charge in [0, 0.05) is 11.8 Å². The van der Waals surface area contributed by atoms with Crippen LogP contribution < -0.4 is 10.2 Å². The normalized spacial score (nSPS) is 19.7. The largest absolute Gasteiger partial charge is 0.352 e. The minimum atomic E-state index is -0.176. The van der Waals surface area contributed by atoms with Crippen molar-refractivity contribution >= 4 is 28.9 Å². The van der Waals surface area contributed by atoms with Crippen molar-refractivity contribution in [3.8, 4) is 0 Å². The van der Waals surface area contributed by atoms with Crippen molar-refractivity contribution in [2.24, 2.45) is 10.9 Å². The first-order valence-electron chi connectivity index (χ1n) is 8.66. The lowest BCUT2D eigenvalue weighted by atomic mass is 10.0. The number of fused-ring (bicyclic) bond motifs is 2. The van der Waals surface area contributed by atoms with Gasteiger partial charge >= 0.3 is 0 Å². The van der Waals surface area contributed by atoms with E-state index in [1.165, 1.54) is 0 Å². The molecular formula is C19H25N3O2. The number of nitrogens with one attached hydrogen (secondary N) is 1. The number of carbonyl (C=O) groups is 2. The van der Waals surface area contributed by atoms with Gasteiger partial charge < -0.3 is 10.2 Å². The molecule has 1 fully saturated rings. The monoisotopic (exact) mass is 327 g/mol. The second kappa shape index (κ2) is 6.38. The molecule has 128 valence electrons. The van der Waals surface area contributed by atoms with Gasteiger partial charge in [-0.05, 0) is 70.2 Å². The highest BCUT2D eigenvalue weighted by Crippen LogP contribution is 2.39. The molecule has 0 spiro atoms. The molecule has 0 radical (unpaired) electrons. The highest BCUT2D eigenvalue weighted by molar-refractivity contribution is 6.16. The van der Waals surface area contributed by atoms with E-state index in [4.69, 9.17) is 4.99 Å². The molecule has 0 saturated heterocycles. The topological polar surface area (TPSA) is 61.8 Å². The second-order valence-electron chi connectivity index (χ2n) is 7.12. The summed E-state index contributed by atoms with van der Waals surface area (Å²) in [6.07, 6.45) is 2.68. The van der Waals surface area contributed by atoms with Gasteiger partial charge in [-0.25, -0.2) is 0 Å². The number of aliphatic imine (C=N–C) groups is 1. The van der Waals surface area contributed by atoms with E-state index in [2.05, 4.69) is 5.32 Å². The molecule has 24 heavy (non-hydrogen) atoms. The van der Waals surface area contributed by atoms with Gasteiger partial charge in [-0.1, -0.05) is 0 Å². The Morgan fingerprint density at radius 2 is 2.04 bits per heavy atom. The summed E-state index contributed by atoms with van der Waals surface area (Å²) in [5.41, 5.74) is 4.78. The standard InChI is InChI=1S/C19H25N3O2/c1-11(2)20-18(23)10-22-17-9-13(4)12(3)8-16(17)21-15-7-5-6-14(15)19(22)24/h8-9,11,14H,5-7,10H2,1-4H3,(H,20,23). The number of rotatable bonds is 3.